The van der Waals surface area contributed by atoms with Gasteiger partial charge in [-0.25, -0.2) is 0 Å². The topological polar surface area (TPSA) is 41.5 Å². The number of hydrogen-bond donors (Lipinski definition) is 2. The molecule has 0 radical (unpaired) electrons. The summed E-state index contributed by atoms with van der Waals surface area (Å²) in [6.07, 6.45) is -0.551. The number of aryl methyl sites for hydroxylation is 1. The number of halogens is 2. The molecule has 1 aromatic carbocycles. The summed E-state index contributed by atoms with van der Waals surface area (Å²) in [7, 11) is 0. The molecule has 0 bridgehead atoms. The first-order valence-corrected chi connectivity index (χ1v) is 8.55. The van der Waals surface area contributed by atoms with Crippen molar-refractivity contribution in [3.8, 4) is 5.75 Å². The Morgan fingerprint density at radius 1 is 1.38 bits per heavy atom. The summed E-state index contributed by atoms with van der Waals surface area (Å²) in [6, 6.07) is 9.54. The van der Waals surface area contributed by atoms with Crippen LogP contribution in [0.15, 0.2) is 34.1 Å². The van der Waals surface area contributed by atoms with E-state index in [-0.39, 0.29) is 6.61 Å². The first-order valence-electron chi connectivity index (χ1n) is 6.56. The molecule has 0 fully saturated rings. The minimum atomic E-state index is -0.551. The zero-order valence-corrected chi connectivity index (χ0v) is 14.8. The van der Waals surface area contributed by atoms with Crippen LogP contribution in [0.5, 0.6) is 5.75 Å². The molecule has 1 atom stereocenters. The maximum Gasteiger partial charge on any atom is 0.119 e. The number of thiophene rings is 1. The molecule has 1 unspecified atom stereocenters. The lowest BCUT2D eigenvalue weighted by atomic mass is 10.2. The van der Waals surface area contributed by atoms with Gasteiger partial charge in [-0.3, -0.25) is 0 Å². The van der Waals surface area contributed by atoms with Crippen molar-refractivity contribution >= 4 is 38.9 Å². The van der Waals surface area contributed by atoms with E-state index in [1.165, 1.54) is 4.88 Å². The molecule has 0 spiro atoms. The smallest absolute Gasteiger partial charge is 0.119 e. The van der Waals surface area contributed by atoms with Crippen LogP contribution in [-0.4, -0.2) is 24.4 Å². The lowest BCUT2D eigenvalue weighted by molar-refractivity contribution is 0.106. The Bertz CT molecular complexity index is 591. The van der Waals surface area contributed by atoms with Crippen LogP contribution in [0.3, 0.4) is 0 Å². The molecule has 0 saturated heterocycles. The largest absolute Gasteiger partial charge is 0.491 e. The lowest BCUT2D eigenvalue weighted by Gasteiger charge is -2.13. The van der Waals surface area contributed by atoms with E-state index in [9.17, 15) is 5.11 Å². The Kier molecular flexibility index (Phi) is 6.51. The molecule has 0 amide bonds. The van der Waals surface area contributed by atoms with Gasteiger partial charge >= 0.3 is 0 Å². The predicted molar refractivity (Wildman–Crippen MR) is 91.4 cm³/mol. The highest BCUT2D eigenvalue weighted by Crippen LogP contribution is 2.22. The van der Waals surface area contributed by atoms with Crippen molar-refractivity contribution < 1.29 is 9.84 Å². The number of ether oxygens (including phenoxy) is 1. The molecule has 2 aromatic rings. The Balaban J connectivity index is 1.69. The number of aliphatic hydroxyl groups is 1. The van der Waals surface area contributed by atoms with E-state index in [2.05, 4.69) is 27.3 Å². The van der Waals surface area contributed by atoms with Gasteiger partial charge in [0.15, 0.2) is 0 Å². The van der Waals surface area contributed by atoms with Crippen molar-refractivity contribution in [2.45, 2.75) is 19.6 Å². The van der Waals surface area contributed by atoms with Gasteiger partial charge in [0, 0.05) is 23.0 Å². The lowest BCUT2D eigenvalue weighted by Crippen LogP contribution is -2.30. The second-order valence-electron chi connectivity index (χ2n) is 4.71. The van der Waals surface area contributed by atoms with E-state index in [4.69, 9.17) is 16.3 Å². The van der Waals surface area contributed by atoms with Gasteiger partial charge in [-0.05, 0) is 58.7 Å². The van der Waals surface area contributed by atoms with E-state index in [0.29, 0.717) is 11.6 Å². The third-order valence-electron chi connectivity index (χ3n) is 2.88. The molecule has 0 aliphatic carbocycles. The second kappa shape index (κ2) is 8.15. The minimum absolute atomic E-state index is 0.252. The average molecular weight is 391 g/mol. The van der Waals surface area contributed by atoms with Gasteiger partial charge in [0.1, 0.15) is 18.5 Å². The fourth-order valence-corrected chi connectivity index (χ4v) is 3.34. The van der Waals surface area contributed by atoms with Gasteiger partial charge in [-0.2, -0.15) is 0 Å². The van der Waals surface area contributed by atoms with Crippen LogP contribution in [-0.2, 0) is 6.54 Å². The summed E-state index contributed by atoms with van der Waals surface area (Å²) < 4.78 is 6.67. The number of benzene rings is 1. The zero-order valence-electron chi connectivity index (χ0n) is 11.6. The van der Waals surface area contributed by atoms with Crippen LogP contribution in [0.1, 0.15) is 10.4 Å². The number of rotatable bonds is 7. The van der Waals surface area contributed by atoms with Crippen molar-refractivity contribution in [2.75, 3.05) is 13.2 Å². The molecule has 2 rings (SSSR count). The minimum Gasteiger partial charge on any atom is -0.491 e. The standard InChI is InChI=1S/C15H17BrClNO2S/c1-10-6-12(2-4-14(10)17)20-9-11(19)7-18-8-13-3-5-15(16)21-13/h2-6,11,18-19H,7-9H2,1H3. The molecular formula is C15H17BrClNO2S. The predicted octanol–water partition coefficient (Wildman–Crippen LogP) is 4.00. The third kappa shape index (κ3) is 5.60. The quantitative estimate of drug-likeness (QED) is 0.751. The van der Waals surface area contributed by atoms with Crippen LogP contribution in [0, 0.1) is 6.92 Å². The van der Waals surface area contributed by atoms with Gasteiger partial charge in [0.25, 0.3) is 0 Å². The third-order valence-corrected chi connectivity index (χ3v) is 4.93. The molecule has 114 valence electrons. The van der Waals surface area contributed by atoms with Crippen molar-refractivity contribution in [3.05, 3.63) is 49.6 Å². The maximum atomic E-state index is 9.90. The normalized spacial score (nSPS) is 12.4. The van der Waals surface area contributed by atoms with Gasteiger partial charge in [-0.15, -0.1) is 11.3 Å². The van der Waals surface area contributed by atoms with Crippen LogP contribution in [0.2, 0.25) is 5.02 Å². The van der Waals surface area contributed by atoms with Crippen LogP contribution >= 0.6 is 38.9 Å². The number of aliphatic hydroxyl groups excluding tert-OH is 1. The van der Waals surface area contributed by atoms with Crippen molar-refractivity contribution in [1.82, 2.24) is 5.32 Å². The van der Waals surface area contributed by atoms with Gasteiger partial charge in [0.2, 0.25) is 0 Å². The highest BCUT2D eigenvalue weighted by molar-refractivity contribution is 9.11. The van der Waals surface area contributed by atoms with Crippen molar-refractivity contribution in [1.29, 1.82) is 0 Å². The molecule has 1 aromatic heterocycles. The summed E-state index contributed by atoms with van der Waals surface area (Å²) in [5, 5.41) is 13.8. The SMILES string of the molecule is Cc1cc(OCC(O)CNCc2ccc(Br)s2)ccc1Cl. The van der Waals surface area contributed by atoms with Crippen LogP contribution in [0.25, 0.3) is 0 Å². The van der Waals surface area contributed by atoms with E-state index < -0.39 is 6.10 Å². The molecule has 3 nitrogen and oxygen atoms in total. The first kappa shape index (κ1) is 16.8. The second-order valence-corrected chi connectivity index (χ2v) is 7.67. The first-order chi connectivity index (χ1) is 10.0. The molecule has 21 heavy (non-hydrogen) atoms. The zero-order chi connectivity index (χ0) is 15.2. The van der Waals surface area contributed by atoms with E-state index in [0.717, 1.165) is 21.6 Å². The van der Waals surface area contributed by atoms with Crippen LogP contribution < -0.4 is 10.1 Å². The maximum absolute atomic E-state index is 9.90. The summed E-state index contributed by atoms with van der Waals surface area (Å²) in [5.41, 5.74) is 0.963. The fourth-order valence-electron chi connectivity index (χ4n) is 1.77. The molecule has 6 heteroatoms. The Hall–Kier alpha value is -0.590. The molecule has 0 aliphatic heterocycles. The fraction of sp³-hybridized carbons (Fsp3) is 0.333. The Morgan fingerprint density at radius 2 is 2.19 bits per heavy atom. The van der Waals surface area contributed by atoms with Gasteiger partial charge in [-0.1, -0.05) is 11.6 Å². The van der Waals surface area contributed by atoms with Crippen LogP contribution in [0.4, 0.5) is 0 Å². The number of hydrogen-bond acceptors (Lipinski definition) is 4. The molecule has 0 aliphatic rings. The monoisotopic (exact) mass is 389 g/mol. The van der Waals surface area contributed by atoms with Crippen molar-refractivity contribution in [3.63, 3.8) is 0 Å². The highest BCUT2D eigenvalue weighted by Gasteiger charge is 2.06. The van der Waals surface area contributed by atoms with E-state index >= 15 is 0 Å². The molecule has 1 heterocycles. The van der Waals surface area contributed by atoms with Gasteiger partial charge < -0.3 is 15.2 Å². The van der Waals surface area contributed by atoms with Crippen molar-refractivity contribution in [2.24, 2.45) is 0 Å². The Morgan fingerprint density at radius 3 is 2.86 bits per heavy atom. The summed E-state index contributed by atoms with van der Waals surface area (Å²) in [6.45, 7) is 3.41. The van der Waals surface area contributed by atoms with E-state index in [1.807, 2.05) is 19.1 Å². The van der Waals surface area contributed by atoms with E-state index in [1.54, 1.807) is 23.5 Å². The molecular weight excluding hydrogens is 374 g/mol. The summed E-state index contributed by atoms with van der Waals surface area (Å²) >= 11 is 11.1. The molecule has 0 saturated carbocycles. The average Bonchev–Trinajstić information content (AvgIpc) is 2.86. The summed E-state index contributed by atoms with van der Waals surface area (Å²) in [4.78, 5) is 1.23. The number of nitrogens with one attached hydrogen (secondary N) is 1. The Labute approximate surface area is 142 Å². The molecule has 2 N–H and O–H groups in total. The highest BCUT2D eigenvalue weighted by atomic mass is 79.9. The van der Waals surface area contributed by atoms with Gasteiger partial charge in [0.05, 0.1) is 3.79 Å². The summed E-state index contributed by atoms with van der Waals surface area (Å²) in [5.74, 6) is 0.720.